The molecule has 0 bridgehead atoms. The van der Waals surface area contributed by atoms with Crippen molar-refractivity contribution in [2.24, 2.45) is 10.7 Å². The second kappa shape index (κ2) is 7.41. The molecule has 0 aromatic carbocycles. The van der Waals surface area contributed by atoms with E-state index in [0.717, 1.165) is 10.2 Å². The molecule has 0 aliphatic heterocycles. The van der Waals surface area contributed by atoms with Gasteiger partial charge >= 0.3 is 0 Å². The number of aliphatic imine (C=N–C) groups is 1. The van der Waals surface area contributed by atoms with Crippen molar-refractivity contribution in [3.8, 4) is 0 Å². The molecule has 0 aliphatic carbocycles. The standard InChI is InChI=1S/C9H19IN2OSi/c1-14(2,3)5-4-13-8-12-7-9(10)6-11/h6-7H,4-5,8,11H2,1-3H3. The van der Waals surface area contributed by atoms with Crippen LogP contribution >= 0.6 is 22.6 Å². The van der Waals surface area contributed by atoms with Gasteiger partial charge in [-0.3, -0.25) is 4.99 Å². The molecular formula is C9H19IN2OSi. The SMILES string of the molecule is C[Si](C)(C)CCOCN=CC(I)=CN. The Kier molecular flexibility index (Phi) is 7.48. The molecule has 0 unspecified atom stereocenters. The van der Waals surface area contributed by atoms with E-state index >= 15 is 0 Å². The Balaban J connectivity index is 3.44. The quantitative estimate of drug-likeness (QED) is 0.353. The van der Waals surface area contributed by atoms with E-state index in [0.29, 0.717) is 6.73 Å². The monoisotopic (exact) mass is 326 g/mol. The van der Waals surface area contributed by atoms with Crippen LogP contribution in [-0.2, 0) is 4.74 Å². The lowest BCUT2D eigenvalue weighted by atomic mass is 10.7. The van der Waals surface area contributed by atoms with Gasteiger partial charge in [-0.1, -0.05) is 19.6 Å². The van der Waals surface area contributed by atoms with Gasteiger partial charge in [-0.25, -0.2) is 0 Å². The molecule has 14 heavy (non-hydrogen) atoms. The van der Waals surface area contributed by atoms with Crippen molar-refractivity contribution < 1.29 is 4.74 Å². The fourth-order valence-corrected chi connectivity index (χ4v) is 1.62. The lowest BCUT2D eigenvalue weighted by Gasteiger charge is -2.14. The highest BCUT2D eigenvalue weighted by molar-refractivity contribution is 14.1. The molecule has 3 nitrogen and oxygen atoms in total. The van der Waals surface area contributed by atoms with Crippen molar-refractivity contribution in [3.05, 3.63) is 9.78 Å². The number of rotatable bonds is 6. The van der Waals surface area contributed by atoms with E-state index in [9.17, 15) is 0 Å². The van der Waals surface area contributed by atoms with E-state index in [1.54, 1.807) is 6.21 Å². The smallest absolute Gasteiger partial charge is 0.137 e. The second-order valence-corrected chi connectivity index (χ2v) is 11.1. The maximum atomic E-state index is 5.37. The molecule has 0 atom stereocenters. The van der Waals surface area contributed by atoms with E-state index < -0.39 is 8.07 Å². The molecule has 0 radical (unpaired) electrons. The zero-order valence-corrected chi connectivity index (χ0v) is 12.2. The lowest BCUT2D eigenvalue weighted by Crippen LogP contribution is -2.21. The summed E-state index contributed by atoms with van der Waals surface area (Å²) < 4.78 is 6.30. The van der Waals surface area contributed by atoms with Crippen LogP contribution in [0.25, 0.3) is 0 Å². The van der Waals surface area contributed by atoms with Gasteiger partial charge in [0.1, 0.15) is 6.73 Å². The van der Waals surface area contributed by atoms with Crippen molar-refractivity contribution in [1.82, 2.24) is 0 Å². The summed E-state index contributed by atoms with van der Waals surface area (Å²) in [5.41, 5.74) is 5.27. The zero-order chi connectivity index (χ0) is 11.0. The van der Waals surface area contributed by atoms with Gasteiger partial charge < -0.3 is 10.5 Å². The largest absolute Gasteiger partial charge is 0.404 e. The van der Waals surface area contributed by atoms with Crippen LogP contribution in [0, 0.1) is 0 Å². The molecule has 5 heteroatoms. The van der Waals surface area contributed by atoms with Gasteiger partial charge in [0.25, 0.3) is 0 Å². The van der Waals surface area contributed by atoms with Gasteiger partial charge in [-0.15, -0.1) is 0 Å². The first-order valence-electron chi connectivity index (χ1n) is 4.60. The normalized spacial score (nSPS) is 13.9. The van der Waals surface area contributed by atoms with Gasteiger partial charge in [0.15, 0.2) is 0 Å². The minimum absolute atomic E-state index is 0.435. The fraction of sp³-hybridized carbons (Fsp3) is 0.667. The van der Waals surface area contributed by atoms with Crippen molar-refractivity contribution in [2.45, 2.75) is 25.7 Å². The van der Waals surface area contributed by atoms with Crippen LogP contribution < -0.4 is 5.73 Å². The van der Waals surface area contributed by atoms with Crippen LogP contribution in [0.2, 0.25) is 25.7 Å². The van der Waals surface area contributed by atoms with Crippen LogP contribution in [0.1, 0.15) is 0 Å². The number of nitrogens with two attached hydrogens (primary N) is 1. The van der Waals surface area contributed by atoms with Crippen LogP contribution in [0.3, 0.4) is 0 Å². The summed E-state index contributed by atoms with van der Waals surface area (Å²) >= 11 is 2.12. The van der Waals surface area contributed by atoms with Gasteiger partial charge in [0, 0.05) is 30.7 Å². The second-order valence-electron chi connectivity index (χ2n) is 4.21. The number of hydrogen-bond acceptors (Lipinski definition) is 3. The molecule has 2 N–H and O–H groups in total. The van der Waals surface area contributed by atoms with Crippen molar-refractivity contribution in [3.63, 3.8) is 0 Å². The Bertz CT molecular complexity index is 211. The summed E-state index contributed by atoms with van der Waals surface area (Å²) in [5.74, 6) is 0. The third kappa shape index (κ3) is 10.2. The van der Waals surface area contributed by atoms with Crippen molar-refractivity contribution in [1.29, 1.82) is 0 Å². The average molecular weight is 326 g/mol. The lowest BCUT2D eigenvalue weighted by molar-refractivity contribution is 0.156. The Hall–Kier alpha value is 0.117. The summed E-state index contributed by atoms with van der Waals surface area (Å²) in [7, 11) is -0.956. The third-order valence-corrected chi connectivity index (χ3v) is 3.88. The molecule has 0 heterocycles. The topological polar surface area (TPSA) is 47.6 Å². The number of ether oxygens (including phenoxy) is 1. The van der Waals surface area contributed by atoms with Crippen LogP contribution in [0.15, 0.2) is 14.8 Å². The molecule has 82 valence electrons. The first-order valence-corrected chi connectivity index (χ1v) is 9.39. The Morgan fingerprint density at radius 1 is 1.50 bits per heavy atom. The van der Waals surface area contributed by atoms with E-state index in [-0.39, 0.29) is 0 Å². The Morgan fingerprint density at radius 3 is 2.64 bits per heavy atom. The molecule has 0 aromatic heterocycles. The summed E-state index contributed by atoms with van der Waals surface area (Å²) in [4.78, 5) is 4.07. The van der Waals surface area contributed by atoms with Crippen LogP contribution in [0.5, 0.6) is 0 Å². The Labute approximate surface area is 101 Å². The maximum absolute atomic E-state index is 5.37. The highest BCUT2D eigenvalue weighted by atomic mass is 127. The molecule has 0 amide bonds. The van der Waals surface area contributed by atoms with E-state index in [1.807, 2.05) is 0 Å². The summed E-state index contributed by atoms with van der Waals surface area (Å²) in [5, 5.41) is 0. The fourth-order valence-electron chi connectivity index (χ4n) is 0.663. The minimum Gasteiger partial charge on any atom is -0.404 e. The molecule has 0 saturated carbocycles. The molecule has 0 fully saturated rings. The predicted molar refractivity (Wildman–Crippen MR) is 73.8 cm³/mol. The van der Waals surface area contributed by atoms with Crippen molar-refractivity contribution >= 4 is 36.9 Å². The third-order valence-electron chi connectivity index (χ3n) is 1.54. The minimum atomic E-state index is -0.956. The molecule has 0 rings (SSSR count). The summed E-state index contributed by atoms with van der Waals surface area (Å²) in [6.45, 7) is 8.25. The van der Waals surface area contributed by atoms with Gasteiger partial charge in [-0.2, -0.15) is 0 Å². The zero-order valence-electron chi connectivity index (χ0n) is 9.09. The number of hydrogen-bond donors (Lipinski definition) is 1. The van der Waals surface area contributed by atoms with Crippen LogP contribution in [-0.4, -0.2) is 27.6 Å². The molecule has 0 aliphatic rings. The van der Waals surface area contributed by atoms with Crippen molar-refractivity contribution in [2.75, 3.05) is 13.3 Å². The number of nitrogens with zero attached hydrogens (tertiary/aromatic N) is 1. The van der Waals surface area contributed by atoms with Gasteiger partial charge in [-0.05, 0) is 28.6 Å². The summed E-state index contributed by atoms with van der Waals surface area (Å²) in [6, 6.07) is 1.19. The summed E-state index contributed by atoms with van der Waals surface area (Å²) in [6.07, 6.45) is 3.24. The van der Waals surface area contributed by atoms with E-state index in [2.05, 4.69) is 47.2 Å². The van der Waals surface area contributed by atoms with E-state index in [4.69, 9.17) is 10.5 Å². The first-order chi connectivity index (χ1) is 6.45. The van der Waals surface area contributed by atoms with E-state index in [1.165, 1.54) is 12.2 Å². The van der Waals surface area contributed by atoms with Gasteiger partial charge in [0.05, 0.1) is 0 Å². The maximum Gasteiger partial charge on any atom is 0.137 e. The predicted octanol–water partition coefficient (Wildman–Crippen LogP) is 2.60. The average Bonchev–Trinajstić information content (AvgIpc) is 2.08. The Morgan fingerprint density at radius 2 is 2.14 bits per heavy atom. The highest BCUT2D eigenvalue weighted by Gasteiger charge is 2.11. The number of halogens is 1. The van der Waals surface area contributed by atoms with Crippen LogP contribution in [0.4, 0.5) is 0 Å². The van der Waals surface area contributed by atoms with Gasteiger partial charge in [0.2, 0.25) is 0 Å². The molecule has 0 saturated heterocycles. The highest BCUT2D eigenvalue weighted by Crippen LogP contribution is 2.07. The molecule has 0 aromatic rings. The molecular weight excluding hydrogens is 307 g/mol. The number of allylic oxidation sites excluding steroid dienone is 1. The first kappa shape index (κ1) is 14.1. The molecule has 0 spiro atoms.